The van der Waals surface area contributed by atoms with Gasteiger partial charge in [0.15, 0.2) is 11.5 Å². The van der Waals surface area contributed by atoms with Crippen LogP contribution in [0.5, 0.6) is 0 Å². The molecule has 0 saturated heterocycles. The third-order valence-corrected chi connectivity index (χ3v) is 5.90. The molecule has 1 N–H and O–H groups in total. The Balaban J connectivity index is 1.45. The van der Waals surface area contributed by atoms with Crippen LogP contribution in [0.4, 0.5) is 11.6 Å². The van der Waals surface area contributed by atoms with E-state index in [-0.39, 0.29) is 0 Å². The molecule has 0 atom stereocenters. The minimum atomic E-state index is 0.726. The van der Waals surface area contributed by atoms with Crippen molar-refractivity contribution in [1.82, 2.24) is 29.5 Å². The van der Waals surface area contributed by atoms with Crippen LogP contribution < -0.4 is 5.32 Å². The Labute approximate surface area is 196 Å². The molecular formula is C27H23N7. The molecule has 0 amide bonds. The minimum absolute atomic E-state index is 0.726. The van der Waals surface area contributed by atoms with E-state index in [0.29, 0.717) is 0 Å². The van der Waals surface area contributed by atoms with Crippen molar-refractivity contribution in [1.29, 1.82) is 0 Å². The van der Waals surface area contributed by atoms with Crippen molar-refractivity contribution in [2.24, 2.45) is 0 Å². The lowest BCUT2D eigenvalue weighted by Gasteiger charge is -2.11. The fourth-order valence-electron chi connectivity index (χ4n) is 4.38. The van der Waals surface area contributed by atoms with Gasteiger partial charge in [0.2, 0.25) is 0 Å². The topological polar surface area (TPSA) is 73.5 Å². The summed E-state index contributed by atoms with van der Waals surface area (Å²) in [5, 5.41) is 15.1. The van der Waals surface area contributed by atoms with E-state index in [1.54, 1.807) is 0 Å². The number of rotatable bonds is 4. The second-order valence-corrected chi connectivity index (χ2v) is 8.43. The fraction of sp³-hybridized carbons (Fsp3) is 0.111. The van der Waals surface area contributed by atoms with Gasteiger partial charge in [-0.2, -0.15) is 14.9 Å². The van der Waals surface area contributed by atoms with E-state index in [9.17, 15) is 0 Å². The highest BCUT2D eigenvalue weighted by Gasteiger charge is 2.16. The van der Waals surface area contributed by atoms with Gasteiger partial charge in [0.05, 0.1) is 22.6 Å². The molecule has 6 rings (SSSR count). The van der Waals surface area contributed by atoms with Crippen LogP contribution in [0.1, 0.15) is 17.0 Å². The van der Waals surface area contributed by atoms with Gasteiger partial charge in [-0.05, 0) is 62.7 Å². The summed E-state index contributed by atoms with van der Waals surface area (Å²) >= 11 is 0. The second-order valence-electron chi connectivity index (χ2n) is 8.43. The molecule has 4 aromatic heterocycles. The lowest BCUT2D eigenvalue weighted by atomic mass is 10.1. The standard InChI is InChI=1S/C27H23N7/c1-17-15-23(30-27-26(17)19(3)32-33(27)21-10-5-4-6-11-21)29-25-16-18(2)31-34(25)24-14-13-20-9-7-8-12-22(20)28-24/h4-16H,1-3H3,(H,29,30). The zero-order valence-electron chi connectivity index (χ0n) is 19.2. The van der Waals surface area contributed by atoms with E-state index in [2.05, 4.69) is 29.5 Å². The predicted molar refractivity (Wildman–Crippen MR) is 135 cm³/mol. The molecule has 0 aliphatic heterocycles. The van der Waals surface area contributed by atoms with E-state index in [1.165, 1.54) is 0 Å². The van der Waals surface area contributed by atoms with E-state index < -0.39 is 0 Å². The van der Waals surface area contributed by atoms with E-state index in [1.807, 2.05) is 89.9 Å². The molecule has 0 unspecified atom stereocenters. The van der Waals surface area contributed by atoms with Crippen LogP contribution in [-0.2, 0) is 0 Å². The Hall–Kier alpha value is -4.52. The lowest BCUT2D eigenvalue weighted by Crippen LogP contribution is -2.06. The van der Waals surface area contributed by atoms with Gasteiger partial charge in [-0.15, -0.1) is 0 Å². The van der Waals surface area contributed by atoms with E-state index in [0.717, 1.165) is 62.0 Å². The number of hydrogen-bond donors (Lipinski definition) is 1. The highest BCUT2D eigenvalue weighted by atomic mass is 15.4. The molecule has 0 bridgehead atoms. The third kappa shape index (κ3) is 3.38. The molecule has 0 spiro atoms. The van der Waals surface area contributed by atoms with Crippen LogP contribution in [0.15, 0.2) is 78.9 Å². The smallest absolute Gasteiger partial charge is 0.165 e. The van der Waals surface area contributed by atoms with Gasteiger partial charge in [0.1, 0.15) is 11.6 Å². The first-order valence-corrected chi connectivity index (χ1v) is 11.2. The maximum absolute atomic E-state index is 4.95. The molecule has 2 aromatic carbocycles. The summed E-state index contributed by atoms with van der Waals surface area (Å²) in [4.78, 5) is 9.76. The summed E-state index contributed by atoms with van der Waals surface area (Å²) in [6, 6.07) is 26.2. The van der Waals surface area contributed by atoms with Gasteiger partial charge < -0.3 is 5.32 Å². The maximum Gasteiger partial charge on any atom is 0.165 e. The quantitative estimate of drug-likeness (QED) is 0.370. The number of pyridine rings is 2. The Morgan fingerprint density at radius 3 is 2.38 bits per heavy atom. The van der Waals surface area contributed by atoms with Crippen molar-refractivity contribution in [3.05, 3.63) is 95.8 Å². The summed E-state index contributed by atoms with van der Waals surface area (Å²) in [5.74, 6) is 2.27. The molecule has 0 aliphatic rings. The Bertz CT molecular complexity index is 1660. The van der Waals surface area contributed by atoms with Gasteiger partial charge >= 0.3 is 0 Å². The highest BCUT2D eigenvalue weighted by Crippen LogP contribution is 2.28. The molecule has 4 heterocycles. The molecule has 6 aromatic rings. The number of nitrogens with zero attached hydrogens (tertiary/aromatic N) is 6. The fourth-order valence-corrected chi connectivity index (χ4v) is 4.38. The van der Waals surface area contributed by atoms with Crippen LogP contribution in [0.2, 0.25) is 0 Å². The number of benzene rings is 2. The van der Waals surface area contributed by atoms with Gasteiger partial charge in [-0.25, -0.2) is 14.6 Å². The number of fused-ring (bicyclic) bond motifs is 2. The first-order chi connectivity index (χ1) is 16.6. The first kappa shape index (κ1) is 20.1. The Morgan fingerprint density at radius 1 is 0.735 bits per heavy atom. The van der Waals surface area contributed by atoms with E-state index >= 15 is 0 Å². The SMILES string of the molecule is Cc1cc(Nc2cc(C)c3c(C)nn(-c4ccccc4)c3n2)n(-c2ccc3ccccc3n2)n1. The van der Waals surface area contributed by atoms with Crippen LogP contribution in [0, 0.1) is 20.8 Å². The summed E-state index contributed by atoms with van der Waals surface area (Å²) in [6.45, 7) is 6.08. The summed E-state index contributed by atoms with van der Waals surface area (Å²) in [6.07, 6.45) is 0. The number of anilines is 2. The molecule has 166 valence electrons. The van der Waals surface area contributed by atoms with Crippen molar-refractivity contribution in [2.75, 3.05) is 5.32 Å². The van der Waals surface area contributed by atoms with Crippen LogP contribution >= 0.6 is 0 Å². The molecule has 7 heteroatoms. The van der Waals surface area contributed by atoms with Crippen LogP contribution in [0.25, 0.3) is 33.4 Å². The molecule has 0 saturated carbocycles. The third-order valence-electron chi connectivity index (χ3n) is 5.90. The summed E-state index contributed by atoms with van der Waals surface area (Å²) in [7, 11) is 0. The minimum Gasteiger partial charge on any atom is -0.325 e. The van der Waals surface area contributed by atoms with Crippen molar-refractivity contribution in [3.63, 3.8) is 0 Å². The molecule has 0 radical (unpaired) electrons. The molecule has 0 fully saturated rings. The molecule has 0 aliphatic carbocycles. The number of para-hydroxylation sites is 2. The zero-order chi connectivity index (χ0) is 23.2. The molecular weight excluding hydrogens is 422 g/mol. The van der Waals surface area contributed by atoms with Crippen molar-refractivity contribution >= 4 is 33.6 Å². The van der Waals surface area contributed by atoms with Gasteiger partial charge in [-0.3, -0.25) is 0 Å². The summed E-state index contributed by atoms with van der Waals surface area (Å²) in [5.41, 5.74) is 5.68. The van der Waals surface area contributed by atoms with Crippen molar-refractivity contribution < 1.29 is 0 Å². The number of hydrogen-bond acceptors (Lipinski definition) is 5. The average Bonchev–Trinajstić information content (AvgIpc) is 3.38. The van der Waals surface area contributed by atoms with Crippen molar-refractivity contribution in [2.45, 2.75) is 20.8 Å². The van der Waals surface area contributed by atoms with Crippen LogP contribution in [-0.4, -0.2) is 29.5 Å². The predicted octanol–water partition coefficient (Wildman–Crippen LogP) is 5.82. The van der Waals surface area contributed by atoms with Crippen molar-refractivity contribution in [3.8, 4) is 11.5 Å². The maximum atomic E-state index is 4.95. The highest BCUT2D eigenvalue weighted by molar-refractivity contribution is 5.85. The second kappa shape index (κ2) is 7.81. The average molecular weight is 446 g/mol. The van der Waals surface area contributed by atoms with Gasteiger partial charge in [-0.1, -0.05) is 36.4 Å². The zero-order valence-corrected chi connectivity index (χ0v) is 19.2. The number of aryl methyl sites for hydroxylation is 3. The summed E-state index contributed by atoms with van der Waals surface area (Å²) < 4.78 is 3.72. The Morgan fingerprint density at radius 2 is 1.53 bits per heavy atom. The van der Waals surface area contributed by atoms with Crippen LogP contribution in [0.3, 0.4) is 0 Å². The number of aromatic nitrogens is 6. The van der Waals surface area contributed by atoms with E-state index in [4.69, 9.17) is 15.1 Å². The molecule has 7 nitrogen and oxygen atoms in total. The largest absolute Gasteiger partial charge is 0.325 e. The normalized spacial score (nSPS) is 11.4. The lowest BCUT2D eigenvalue weighted by molar-refractivity contribution is 0.843. The Kier molecular flexibility index (Phi) is 4.62. The van der Waals surface area contributed by atoms with Gasteiger partial charge in [0, 0.05) is 16.8 Å². The van der Waals surface area contributed by atoms with Gasteiger partial charge in [0.25, 0.3) is 0 Å². The monoisotopic (exact) mass is 445 g/mol. The number of nitrogens with one attached hydrogen (secondary N) is 1. The first-order valence-electron chi connectivity index (χ1n) is 11.2. The molecule has 34 heavy (non-hydrogen) atoms.